The van der Waals surface area contributed by atoms with E-state index in [1.807, 2.05) is 0 Å². The third-order valence-corrected chi connectivity index (χ3v) is 2.66. The summed E-state index contributed by atoms with van der Waals surface area (Å²) in [7, 11) is -1.82. The number of ether oxygens (including phenoxy) is 2. The molecular weight excluding hydrogens is 291 g/mol. The molecule has 8 nitrogen and oxygen atoms in total. The summed E-state index contributed by atoms with van der Waals surface area (Å²) >= 11 is 0. The maximum Gasteiger partial charge on any atom is 0.492 e. The fourth-order valence-electron chi connectivity index (χ4n) is 1.91. The van der Waals surface area contributed by atoms with E-state index in [1.54, 1.807) is 20.8 Å². The summed E-state index contributed by atoms with van der Waals surface area (Å²) in [6, 6.07) is 2.78. The standard InChI is InChI=1S/C13H17BN2O6/c1-13(2,3)22-12(18)15-7-4-8(14(19)20)11-9(5-7)16-10(17)6-21-11/h4-5,19-20H,6H2,1-3H3,(H,15,18)(H,16,17). The second-order valence-corrected chi connectivity index (χ2v) is 5.78. The van der Waals surface area contributed by atoms with Gasteiger partial charge in [-0.15, -0.1) is 0 Å². The Morgan fingerprint density at radius 2 is 2.09 bits per heavy atom. The van der Waals surface area contributed by atoms with Crippen molar-refractivity contribution in [3.63, 3.8) is 0 Å². The highest BCUT2D eigenvalue weighted by atomic mass is 16.6. The van der Waals surface area contributed by atoms with E-state index in [2.05, 4.69) is 10.6 Å². The van der Waals surface area contributed by atoms with Gasteiger partial charge in [-0.25, -0.2) is 4.79 Å². The van der Waals surface area contributed by atoms with Crippen LogP contribution in [-0.4, -0.2) is 41.4 Å². The summed E-state index contributed by atoms with van der Waals surface area (Å²) in [6.45, 7) is 4.94. The van der Waals surface area contributed by atoms with Crippen LogP contribution >= 0.6 is 0 Å². The highest BCUT2D eigenvalue weighted by Crippen LogP contribution is 2.29. The van der Waals surface area contributed by atoms with Gasteiger partial charge in [-0.2, -0.15) is 0 Å². The SMILES string of the molecule is CC(C)(C)OC(=O)Nc1cc2c(c(B(O)O)c1)OCC(=O)N2. The van der Waals surface area contributed by atoms with Crippen molar-refractivity contribution < 1.29 is 29.1 Å². The lowest BCUT2D eigenvalue weighted by Gasteiger charge is -2.23. The molecule has 1 aromatic rings. The first-order valence-corrected chi connectivity index (χ1v) is 6.62. The second kappa shape index (κ2) is 5.86. The molecule has 1 heterocycles. The average Bonchev–Trinajstić information content (AvgIpc) is 2.34. The van der Waals surface area contributed by atoms with Gasteiger partial charge in [0.2, 0.25) is 0 Å². The third-order valence-electron chi connectivity index (χ3n) is 2.66. The van der Waals surface area contributed by atoms with Crippen LogP contribution in [0.2, 0.25) is 0 Å². The van der Waals surface area contributed by atoms with Gasteiger partial charge in [0.15, 0.2) is 6.61 Å². The van der Waals surface area contributed by atoms with Gasteiger partial charge >= 0.3 is 13.2 Å². The maximum atomic E-state index is 11.8. The molecular formula is C13H17BN2O6. The molecule has 1 aromatic carbocycles. The Morgan fingerprint density at radius 3 is 2.68 bits per heavy atom. The Labute approximate surface area is 127 Å². The number of carbonyl (C=O) groups excluding carboxylic acids is 2. The molecule has 4 N–H and O–H groups in total. The Bertz CT molecular complexity index is 611. The van der Waals surface area contributed by atoms with Crippen molar-refractivity contribution in [3.8, 4) is 5.75 Å². The first kappa shape index (κ1) is 16.1. The molecule has 0 unspecified atom stereocenters. The quantitative estimate of drug-likeness (QED) is 0.573. The normalized spacial score (nSPS) is 13.6. The van der Waals surface area contributed by atoms with Crippen molar-refractivity contribution in [2.45, 2.75) is 26.4 Å². The number of rotatable bonds is 2. The van der Waals surface area contributed by atoms with E-state index in [9.17, 15) is 19.6 Å². The minimum absolute atomic E-state index is 0.0311. The highest BCUT2D eigenvalue weighted by molar-refractivity contribution is 6.60. The number of benzene rings is 1. The molecule has 0 bridgehead atoms. The summed E-state index contributed by atoms with van der Waals surface area (Å²) in [5, 5.41) is 23.8. The zero-order valence-electron chi connectivity index (χ0n) is 12.5. The minimum Gasteiger partial charge on any atom is -0.482 e. The van der Waals surface area contributed by atoms with Gasteiger partial charge in [-0.1, -0.05) is 0 Å². The van der Waals surface area contributed by atoms with Gasteiger partial charge in [-0.3, -0.25) is 10.1 Å². The van der Waals surface area contributed by atoms with Gasteiger partial charge < -0.3 is 24.8 Å². The van der Waals surface area contributed by atoms with E-state index in [0.717, 1.165) is 0 Å². The molecule has 9 heteroatoms. The van der Waals surface area contributed by atoms with E-state index >= 15 is 0 Å². The van der Waals surface area contributed by atoms with Crippen LogP contribution in [0.3, 0.4) is 0 Å². The van der Waals surface area contributed by atoms with Crippen LogP contribution in [0.5, 0.6) is 5.75 Å². The predicted molar refractivity (Wildman–Crippen MR) is 80.2 cm³/mol. The van der Waals surface area contributed by atoms with Crippen LogP contribution in [0.25, 0.3) is 0 Å². The van der Waals surface area contributed by atoms with Crippen LogP contribution in [0.15, 0.2) is 12.1 Å². The Hall–Kier alpha value is -2.26. The summed E-state index contributed by atoms with van der Waals surface area (Å²) in [6.07, 6.45) is -0.700. The smallest absolute Gasteiger partial charge is 0.482 e. The molecule has 0 aliphatic carbocycles. The molecule has 0 atom stereocenters. The summed E-state index contributed by atoms with van der Waals surface area (Å²) in [5.74, 6) is -0.218. The van der Waals surface area contributed by atoms with Crippen molar-refractivity contribution in [1.29, 1.82) is 0 Å². The van der Waals surface area contributed by atoms with Gasteiger partial charge in [-0.05, 0) is 32.9 Å². The summed E-state index contributed by atoms with van der Waals surface area (Å²) in [5.41, 5.74) is -0.159. The first-order valence-electron chi connectivity index (χ1n) is 6.62. The van der Waals surface area contributed by atoms with Crippen LogP contribution in [-0.2, 0) is 9.53 Å². The van der Waals surface area contributed by atoms with Crippen LogP contribution < -0.4 is 20.8 Å². The third kappa shape index (κ3) is 3.89. The van der Waals surface area contributed by atoms with Crippen molar-refractivity contribution in [2.24, 2.45) is 0 Å². The van der Waals surface area contributed by atoms with E-state index in [-0.39, 0.29) is 35.1 Å². The number of hydrogen-bond donors (Lipinski definition) is 4. The van der Waals surface area contributed by atoms with Gasteiger partial charge in [0.1, 0.15) is 11.4 Å². The molecule has 0 radical (unpaired) electrons. The summed E-state index contributed by atoms with van der Waals surface area (Å²) in [4.78, 5) is 23.1. The first-order chi connectivity index (χ1) is 10.2. The van der Waals surface area contributed by atoms with E-state index in [0.29, 0.717) is 0 Å². The van der Waals surface area contributed by atoms with E-state index < -0.39 is 18.8 Å². The molecule has 0 spiro atoms. The monoisotopic (exact) mass is 308 g/mol. The summed E-state index contributed by atoms with van der Waals surface area (Å²) < 4.78 is 10.3. The Morgan fingerprint density at radius 1 is 1.41 bits per heavy atom. The lowest BCUT2D eigenvalue weighted by Crippen LogP contribution is -2.37. The molecule has 0 aromatic heterocycles. The van der Waals surface area contributed by atoms with E-state index in [1.165, 1.54) is 12.1 Å². The number of carbonyl (C=O) groups is 2. The molecule has 0 saturated carbocycles. The molecule has 118 valence electrons. The van der Waals surface area contributed by atoms with Gasteiger partial charge in [0.25, 0.3) is 5.91 Å². The fourth-order valence-corrected chi connectivity index (χ4v) is 1.91. The van der Waals surface area contributed by atoms with Crippen LogP contribution in [0.4, 0.5) is 16.2 Å². The molecule has 2 rings (SSSR count). The molecule has 0 saturated heterocycles. The molecule has 1 aliphatic rings. The molecule has 0 fully saturated rings. The minimum atomic E-state index is -1.82. The zero-order chi connectivity index (χ0) is 16.5. The lowest BCUT2D eigenvalue weighted by atomic mass is 9.78. The maximum absolute atomic E-state index is 11.8. The molecule has 1 aliphatic heterocycles. The lowest BCUT2D eigenvalue weighted by molar-refractivity contribution is -0.118. The van der Waals surface area contributed by atoms with Gasteiger partial charge in [0.05, 0.1) is 5.69 Å². The predicted octanol–water partition coefficient (Wildman–Crippen LogP) is 0.0443. The largest absolute Gasteiger partial charge is 0.492 e. The van der Waals surface area contributed by atoms with Crippen molar-refractivity contribution in [2.75, 3.05) is 17.2 Å². The second-order valence-electron chi connectivity index (χ2n) is 5.78. The number of fused-ring (bicyclic) bond motifs is 1. The van der Waals surface area contributed by atoms with Crippen LogP contribution in [0, 0.1) is 0 Å². The fraction of sp³-hybridized carbons (Fsp3) is 0.385. The van der Waals surface area contributed by atoms with Crippen molar-refractivity contribution >= 4 is 36.0 Å². The van der Waals surface area contributed by atoms with Gasteiger partial charge in [0, 0.05) is 11.2 Å². The topological polar surface area (TPSA) is 117 Å². The highest BCUT2D eigenvalue weighted by Gasteiger charge is 2.27. The molecule has 2 amide bonds. The Kier molecular flexibility index (Phi) is 4.29. The zero-order valence-corrected chi connectivity index (χ0v) is 12.5. The van der Waals surface area contributed by atoms with Crippen LogP contribution in [0.1, 0.15) is 20.8 Å². The van der Waals surface area contributed by atoms with E-state index in [4.69, 9.17) is 9.47 Å². The molecule has 22 heavy (non-hydrogen) atoms. The number of hydrogen-bond acceptors (Lipinski definition) is 6. The Balaban J connectivity index is 2.29. The average molecular weight is 308 g/mol. The van der Waals surface area contributed by atoms with Crippen molar-refractivity contribution in [1.82, 2.24) is 0 Å². The number of nitrogens with one attached hydrogen (secondary N) is 2. The number of anilines is 2. The number of amides is 2. The van der Waals surface area contributed by atoms with Crippen molar-refractivity contribution in [3.05, 3.63) is 12.1 Å².